The minimum Gasteiger partial charge on any atom is -0.0654 e. The molecule has 0 aromatic heterocycles. The third-order valence-electron chi connectivity index (χ3n) is 4.93. The normalized spacial score (nSPS) is 12.5. The van der Waals surface area contributed by atoms with Crippen molar-refractivity contribution in [3.63, 3.8) is 0 Å². The molecule has 0 N–H and O–H groups in total. The van der Waals surface area contributed by atoms with Gasteiger partial charge < -0.3 is 0 Å². The molecule has 1 atom stereocenters. The zero-order valence-corrected chi connectivity index (χ0v) is 15.8. The molecular weight excluding hydrogens is 288 g/mol. The summed E-state index contributed by atoms with van der Waals surface area (Å²) >= 11 is 0. The molecule has 0 nitrogen and oxygen atoms in total. The van der Waals surface area contributed by atoms with Gasteiger partial charge in [0.25, 0.3) is 0 Å². The van der Waals surface area contributed by atoms with Crippen molar-refractivity contribution >= 4 is 0 Å². The molecule has 130 valence electrons. The minimum atomic E-state index is 0.537. The fraction of sp³-hybridized carbons (Fsp3) is 0.500. The molecule has 1 unspecified atom stereocenters. The molecular formula is C24H34. The van der Waals surface area contributed by atoms with E-state index in [1.165, 1.54) is 61.6 Å². The number of unbranched alkanes of at least 4 members (excludes halogenated alkanes) is 2. The maximum absolute atomic E-state index is 2.37. The van der Waals surface area contributed by atoms with Crippen LogP contribution < -0.4 is 0 Å². The van der Waals surface area contributed by atoms with Gasteiger partial charge in [0.15, 0.2) is 0 Å². The molecule has 2 aromatic carbocycles. The van der Waals surface area contributed by atoms with Gasteiger partial charge in [0.2, 0.25) is 0 Å². The van der Waals surface area contributed by atoms with Gasteiger partial charge in [0, 0.05) is 5.92 Å². The fourth-order valence-electron chi connectivity index (χ4n) is 3.44. The van der Waals surface area contributed by atoms with Crippen molar-refractivity contribution in [1.82, 2.24) is 0 Å². The lowest BCUT2D eigenvalue weighted by Gasteiger charge is -2.19. The smallest absolute Gasteiger partial charge is 0.00893 e. The zero-order valence-electron chi connectivity index (χ0n) is 15.8. The fourth-order valence-corrected chi connectivity index (χ4v) is 3.44. The summed E-state index contributed by atoms with van der Waals surface area (Å²) in [7, 11) is 0. The highest BCUT2D eigenvalue weighted by Crippen LogP contribution is 2.30. The van der Waals surface area contributed by atoms with Crippen LogP contribution >= 0.6 is 0 Å². The van der Waals surface area contributed by atoms with Crippen LogP contribution in [0.1, 0.15) is 81.9 Å². The summed E-state index contributed by atoms with van der Waals surface area (Å²) < 4.78 is 0. The lowest BCUT2D eigenvalue weighted by atomic mass is 9.85. The molecule has 0 saturated carbocycles. The first kappa shape index (κ1) is 18.8. The molecule has 0 aliphatic heterocycles. The predicted octanol–water partition coefficient (Wildman–Crippen LogP) is 7.38. The second-order valence-electron chi connectivity index (χ2n) is 7.49. The topological polar surface area (TPSA) is 0 Å². The van der Waals surface area contributed by atoms with E-state index in [1.807, 2.05) is 0 Å². The van der Waals surface area contributed by atoms with Gasteiger partial charge in [0.1, 0.15) is 0 Å². The predicted molar refractivity (Wildman–Crippen MR) is 107 cm³/mol. The van der Waals surface area contributed by atoms with E-state index in [2.05, 4.69) is 75.4 Å². The van der Waals surface area contributed by atoms with E-state index in [1.54, 1.807) is 0 Å². The second-order valence-corrected chi connectivity index (χ2v) is 7.49. The SMILES string of the molecule is CCCCCc1ccc(C(CCCC(C)C)c2ccccc2)cc1. The molecule has 0 bridgehead atoms. The highest BCUT2D eigenvalue weighted by molar-refractivity contribution is 5.34. The Morgan fingerprint density at radius 2 is 1.38 bits per heavy atom. The first-order valence-corrected chi connectivity index (χ1v) is 9.84. The average molecular weight is 323 g/mol. The van der Waals surface area contributed by atoms with Crippen LogP contribution in [0.4, 0.5) is 0 Å². The molecule has 0 aliphatic carbocycles. The van der Waals surface area contributed by atoms with Crippen LogP contribution in [0.5, 0.6) is 0 Å². The van der Waals surface area contributed by atoms with Crippen molar-refractivity contribution in [2.75, 3.05) is 0 Å². The van der Waals surface area contributed by atoms with E-state index < -0.39 is 0 Å². The molecule has 0 heterocycles. The molecule has 0 saturated heterocycles. The van der Waals surface area contributed by atoms with Crippen LogP contribution in [0.25, 0.3) is 0 Å². The van der Waals surface area contributed by atoms with E-state index in [0.717, 1.165) is 5.92 Å². The summed E-state index contributed by atoms with van der Waals surface area (Å²) in [5, 5.41) is 0. The van der Waals surface area contributed by atoms with Gasteiger partial charge in [-0.1, -0.05) is 101 Å². The number of benzene rings is 2. The van der Waals surface area contributed by atoms with Crippen molar-refractivity contribution < 1.29 is 0 Å². The monoisotopic (exact) mass is 322 g/mol. The minimum absolute atomic E-state index is 0.537. The van der Waals surface area contributed by atoms with Gasteiger partial charge in [-0.3, -0.25) is 0 Å². The Labute approximate surface area is 149 Å². The van der Waals surface area contributed by atoms with E-state index in [0.29, 0.717) is 5.92 Å². The Morgan fingerprint density at radius 1 is 0.708 bits per heavy atom. The summed E-state index contributed by atoms with van der Waals surface area (Å²) in [6, 6.07) is 20.5. The quantitative estimate of drug-likeness (QED) is 0.400. The maximum atomic E-state index is 2.37. The van der Waals surface area contributed by atoms with Gasteiger partial charge in [-0.2, -0.15) is 0 Å². The second kappa shape index (κ2) is 10.3. The maximum Gasteiger partial charge on any atom is 0.00893 e. The van der Waals surface area contributed by atoms with Gasteiger partial charge >= 0.3 is 0 Å². The van der Waals surface area contributed by atoms with Gasteiger partial charge in [-0.15, -0.1) is 0 Å². The van der Waals surface area contributed by atoms with Crippen LogP contribution in [-0.4, -0.2) is 0 Å². The van der Waals surface area contributed by atoms with E-state index >= 15 is 0 Å². The van der Waals surface area contributed by atoms with E-state index in [-0.39, 0.29) is 0 Å². The molecule has 0 aliphatic rings. The van der Waals surface area contributed by atoms with Crippen LogP contribution in [0.15, 0.2) is 54.6 Å². The lowest BCUT2D eigenvalue weighted by molar-refractivity contribution is 0.521. The first-order valence-electron chi connectivity index (χ1n) is 9.84. The lowest BCUT2D eigenvalue weighted by Crippen LogP contribution is -2.02. The molecule has 0 fully saturated rings. The van der Waals surface area contributed by atoms with Crippen molar-refractivity contribution in [2.24, 2.45) is 5.92 Å². The summed E-state index contributed by atoms with van der Waals surface area (Å²) in [5.74, 6) is 1.33. The molecule has 0 spiro atoms. The largest absolute Gasteiger partial charge is 0.0654 e. The third kappa shape index (κ3) is 6.15. The first-order chi connectivity index (χ1) is 11.7. The Balaban J connectivity index is 2.08. The molecule has 2 rings (SSSR count). The summed E-state index contributed by atoms with van der Waals surface area (Å²) in [6.07, 6.45) is 9.03. The van der Waals surface area contributed by atoms with Crippen molar-refractivity contribution in [2.45, 2.75) is 71.6 Å². The van der Waals surface area contributed by atoms with Crippen molar-refractivity contribution in [3.8, 4) is 0 Å². The van der Waals surface area contributed by atoms with E-state index in [4.69, 9.17) is 0 Å². The Hall–Kier alpha value is -1.56. The van der Waals surface area contributed by atoms with Gasteiger partial charge in [-0.05, 0) is 41.9 Å². The van der Waals surface area contributed by atoms with Gasteiger partial charge in [-0.25, -0.2) is 0 Å². The van der Waals surface area contributed by atoms with Crippen molar-refractivity contribution in [1.29, 1.82) is 0 Å². The Kier molecular flexibility index (Phi) is 8.08. The summed E-state index contributed by atoms with van der Waals surface area (Å²) in [6.45, 7) is 6.91. The summed E-state index contributed by atoms with van der Waals surface area (Å²) in [4.78, 5) is 0. The standard InChI is InChI=1S/C24H34/c1-4-5-7-12-21-16-18-23(19-17-21)24(15-10-11-20(2)3)22-13-8-6-9-14-22/h6,8-9,13-14,16-20,24H,4-5,7,10-12,15H2,1-3H3. The zero-order chi connectivity index (χ0) is 17.2. The molecule has 0 heteroatoms. The van der Waals surface area contributed by atoms with Gasteiger partial charge in [0.05, 0.1) is 0 Å². The number of aryl methyl sites for hydroxylation is 1. The molecule has 24 heavy (non-hydrogen) atoms. The Morgan fingerprint density at radius 3 is 2.00 bits per heavy atom. The van der Waals surface area contributed by atoms with Crippen LogP contribution in [0, 0.1) is 5.92 Å². The Bertz CT molecular complexity index is 550. The van der Waals surface area contributed by atoms with Crippen LogP contribution in [-0.2, 0) is 6.42 Å². The summed E-state index contributed by atoms with van der Waals surface area (Å²) in [5.41, 5.74) is 4.42. The molecule has 0 radical (unpaired) electrons. The number of hydrogen-bond donors (Lipinski definition) is 0. The molecule has 2 aromatic rings. The third-order valence-corrected chi connectivity index (χ3v) is 4.93. The van der Waals surface area contributed by atoms with Crippen molar-refractivity contribution in [3.05, 3.63) is 71.3 Å². The number of rotatable bonds is 10. The van der Waals surface area contributed by atoms with Crippen LogP contribution in [0.3, 0.4) is 0 Å². The highest BCUT2D eigenvalue weighted by Gasteiger charge is 2.14. The van der Waals surface area contributed by atoms with E-state index in [9.17, 15) is 0 Å². The number of hydrogen-bond acceptors (Lipinski definition) is 0. The average Bonchev–Trinajstić information content (AvgIpc) is 2.60. The molecule has 0 amide bonds. The van der Waals surface area contributed by atoms with Crippen LogP contribution in [0.2, 0.25) is 0 Å². The highest BCUT2D eigenvalue weighted by atomic mass is 14.2.